The molecule has 0 bridgehead atoms. The van der Waals surface area contributed by atoms with Crippen LogP contribution in [0.1, 0.15) is 21.3 Å². The standard InChI is InChI=1S/C20H21ClN2O3S/c1-26-12-11-22-18(24)17-13-27-20(15-9-5-6-10-16(15)21)23(17)19(25)14-7-3-2-4-8-14/h2-10,17,20H,11-13H2,1H3,(H,22,24). The summed E-state index contributed by atoms with van der Waals surface area (Å²) >= 11 is 7.93. The Morgan fingerprint density at radius 2 is 1.89 bits per heavy atom. The Bertz CT molecular complexity index is 803. The predicted molar refractivity (Wildman–Crippen MR) is 108 cm³/mol. The first-order valence-electron chi connectivity index (χ1n) is 8.64. The van der Waals surface area contributed by atoms with Crippen LogP contribution in [0.3, 0.4) is 0 Å². The van der Waals surface area contributed by atoms with Gasteiger partial charge in [-0.15, -0.1) is 11.8 Å². The van der Waals surface area contributed by atoms with Crippen LogP contribution in [0, 0.1) is 0 Å². The molecule has 27 heavy (non-hydrogen) atoms. The van der Waals surface area contributed by atoms with Gasteiger partial charge in [-0.05, 0) is 18.2 Å². The number of rotatable bonds is 6. The molecule has 7 heteroatoms. The zero-order chi connectivity index (χ0) is 19.2. The topological polar surface area (TPSA) is 58.6 Å². The SMILES string of the molecule is COCCNC(=O)C1CSC(c2ccccc2Cl)N1C(=O)c1ccccc1. The Morgan fingerprint density at radius 3 is 2.59 bits per heavy atom. The Hall–Kier alpha value is -2.02. The van der Waals surface area contributed by atoms with Crippen molar-refractivity contribution in [1.82, 2.24) is 10.2 Å². The van der Waals surface area contributed by atoms with Gasteiger partial charge in [0, 0.05) is 35.6 Å². The molecular formula is C20H21ClN2O3S. The van der Waals surface area contributed by atoms with Crippen molar-refractivity contribution in [3.8, 4) is 0 Å². The van der Waals surface area contributed by atoms with Crippen LogP contribution in [0.25, 0.3) is 0 Å². The third-order valence-electron chi connectivity index (χ3n) is 4.33. The van der Waals surface area contributed by atoms with Gasteiger partial charge in [0.05, 0.1) is 6.61 Å². The molecule has 142 valence electrons. The van der Waals surface area contributed by atoms with Crippen molar-refractivity contribution in [1.29, 1.82) is 0 Å². The first-order chi connectivity index (χ1) is 13.1. The second kappa shape index (κ2) is 9.26. The van der Waals surface area contributed by atoms with E-state index in [0.29, 0.717) is 29.5 Å². The maximum atomic E-state index is 13.3. The lowest BCUT2D eigenvalue weighted by Gasteiger charge is -2.29. The third kappa shape index (κ3) is 4.46. The summed E-state index contributed by atoms with van der Waals surface area (Å²) in [5, 5.41) is 3.11. The molecule has 1 heterocycles. The molecule has 1 fully saturated rings. The zero-order valence-corrected chi connectivity index (χ0v) is 16.5. The molecule has 1 aliphatic heterocycles. The highest BCUT2D eigenvalue weighted by Crippen LogP contribution is 2.44. The van der Waals surface area contributed by atoms with Crippen molar-refractivity contribution in [3.63, 3.8) is 0 Å². The number of nitrogens with one attached hydrogen (secondary N) is 1. The van der Waals surface area contributed by atoms with Gasteiger partial charge in [-0.1, -0.05) is 48.0 Å². The fourth-order valence-electron chi connectivity index (χ4n) is 3.00. The number of hydrogen-bond acceptors (Lipinski definition) is 4. The molecule has 1 aliphatic rings. The van der Waals surface area contributed by atoms with Crippen molar-refractivity contribution in [2.45, 2.75) is 11.4 Å². The lowest BCUT2D eigenvalue weighted by atomic mass is 10.1. The summed E-state index contributed by atoms with van der Waals surface area (Å²) in [6, 6.07) is 15.9. The Labute approximate surface area is 168 Å². The summed E-state index contributed by atoms with van der Waals surface area (Å²) < 4.78 is 4.99. The predicted octanol–water partition coefficient (Wildman–Crippen LogP) is 3.36. The third-order valence-corrected chi connectivity index (χ3v) is 5.98. The Kier molecular flexibility index (Phi) is 6.77. The monoisotopic (exact) mass is 404 g/mol. The number of hydrogen-bond donors (Lipinski definition) is 1. The average Bonchev–Trinajstić information content (AvgIpc) is 3.13. The molecule has 3 rings (SSSR count). The average molecular weight is 405 g/mol. The zero-order valence-electron chi connectivity index (χ0n) is 14.9. The second-order valence-corrected chi connectivity index (χ2v) is 7.61. The summed E-state index contributed by atoms with van der Waals surface area (Å²) in [4.78, 5) is 27.6. The van der Waals surface area contributed by atoms with Crippen LogP contribution in [0.15, 0.2) is 54.6 Å². The van der Waals surface area contributed by atoms with Gasteiger partial charge in [-0.25, -0.2) is 0 Å². The molecule has 5 nitrogen and oxygen atoms in total. The molecule has 0 aromatic heterocycles. The van der Waals surface area contributed by atoms with Crippen LogP contribution in [-0.4, -0.2) is 48.8 Å². The number of methoxy groups -OCH3 is 1. The van der Waals surface area contributed by atoms with Crippen LogP contribution >= 0.6 is 23.4 Å². The Balaban J connectivity index is 1.91. The largest absolute Gasteiger partial charge is 0.383 e. The van der Waals surface area contributed by atoms with E-state index in [4.69, 9.17) is 16.3 Å². The first-order valence-corrected chi connectivity index (χ1v) is 10.1. The van der Waals surface area contributed by atoms with E-state index in [1.807, 2.05) is 36.4 Å². The minimum atomic E-state index is -0.569. The first kappa shape index (κ1) is 19.7. The molecule has 2 unspecified atom stereocenters. The minimum Gasteiger partial charge on any atom is -0.383 e. The molecule has 0 spiro atoms. The van der Waals surface area contributed by atoms with E-state index in [2.05, 4.69) is 5.32 Å². The van der Waals surface area contributed by atoms with Crippen LogP contribution in [0.4, 0.5) is 0 Å². The van der Waals surface area contributed by atoms with Gasteiger partial charge in [-0.3, -0.25) is 9.59 Å². The molecule has 0 saturated carbocycles. The summed E-state index contributed by atoms with van der Waals surface area (Å²) in [6.45, 7) is 0.826. The molecule has 2 atom stereocenters. The number of carbonyl (C=O) groups is 2. The van der Waals surface area contributed by atoms with Crippen LogP contribution < -0.4 is 5.32 Å². The van der Waals surface area contributed by atoms with E-state index in [1.54, 1.807) is 42.0 Å². The fourth-order valence-corrected chi connectivity index (χ4v) is 4.76. The van der Waals surface area contributed by atoms with Crippen molar-refractivity contribution in [2.75, 3.05) is 26.0 Å². The van der Waals surface area contributed by atoms with Gasteiger partial charge < -0.3 is 15.0 Å². The molecule has 2 aromatic carbocycles. The maximum Gasteiger partial charge on any atom is 0.255 e. The van der Waals surface area contributed by atoms with Crippen LogP contribution in [-0.2, 0) is 9.53 Å². The molecular weight excluding hydrogens is 384 g/mol. The van der Waals surface area contributed by atoms with Crippen molar-refractivity contribution >= 4 is 35.2 Å². The Morgan fingerprint density at radius 1 is 1.19 bits per heavy atom. The fraction of sp³-hybridized carbons (Fsp3) is 0.300. The summed E-state index contributed by atoms with van der Waals surface area (Å²) in [5.41, 5.74) is 1.38. The number of amides is 2. The van der Waals surface area contributed by atoms with Gasteiger partial charge >= 0.3 is 0 Å². The van der Waals surface area contributed by atoms with Crippen LogP contribution in [0.2, 0.25) is 5.02 Å². The summed E-state index contributed by atoms with van der Waals surface area (Å²) in [6.07, 6.45) is 0. The number of ether oxygens (including phenoxy) is 1. The smallest absolute Gasteiger partial charge is 0.255 e. The van der Waals surface area contributed by atoms with Gasteiger partial charge in [-0.2, -0.15) is 0 Å². The molecule has 2 amide bonds. The lowest BCUT2D eigenvalue weighted by Crippen LogP contribution is -2.48. The maximum absolute atomic E-state index is 13.3. The van der Waals surface area contributed by atoms with Crippen molar-refractivity contribution in [2.24, 2.45) is 0 Å². The minimum absolute atomic E-state index is 0.182. The number of thioether (sulfide) groups is 1. The molecule has 2 aromatic rings. The van der Waals surface area contributed by atoms with E-state index >= 15 is 0 Å². The highest BCUT2D eigenvalue weighted by Gasteiger charge is 2.43. The van der Waals surface area contributed by atoms with Gasteiger partial charge in [0.25, 0.3) is 5.91 Å². The lowest BCUT2D eigenvalue weighted by molar-refractivity contribution is -0.125. The quantitative estimate of drug-likeness (QED) is 0.750. The molecule has 1 N–H and O–H groups in total. The summed E-state index contributed by atoms with van der Waals surface area (Å²) in [5.74, 6) is 0.142. The van der Waals surface area contributed by atoms with Gasteiger partial charge in [0.1, 0.15) is 11.4 Å². The normalized spacial score (nSPS) is 19.1. The van der Waals surface area contributed by atoms with Gasteiger partial charge in [0.15, 0.2) is 0 Å². The van der Waals surface area contributed by atoms with Gasteiger partial charge in [0.2, 0.25) is 5.91 Å². The number of nitrogens with zero attached hydrogens (tertiary/aromatic N) is 1. The van der Waals surface area contributed by atoms with Crippen molar-refractivity contribution in [3.05, 3.63) is 70.7 Å². The highest BCUT2D eigenvalue weighted by molar-refractivity contribution is 7.99. The van der Waals surface area contributed by atoms with Crippen LogP contribution in [0.5, 0.6) is 0 Å². The number of halogens is 1. The number of carbonyl (C=O) groups excluding carboxylic acids is 2. The van der Waals surface area contributed by atoms with E-state index in [1.165, 1.54) is 0 Å². The molecule has 1 saturated heterocycles. The highest BCUT2D eigenvalue weighted by atomic mass is 35.5. The second-order valence-electron chi connectivity index (χ2n) is 6.09. The number of benzene rings is 2. The van der Waals surface area contributed by atoms with E-state index in [-0.39, 0.29) is 17.2 Å². The summed E-state index contributed by atoms with van der Waals surface area (Å²) in [7, 11) is 1.58. The van der Waals surface area contributed by atoms with E-state index < -0.39 is 6.04 Å². The molecule has 0 radical (unpaired) electrons. The molecule has 0 aliphatic carbocycles. The van der Waals surface area contributed by atoms with E-state index in [9.17, 15) is 9.59 Å². The van der Waals surface area contributed by atoms with Crippen molar-refractivity contribution < 1.29 is 14.3 Å². The van der Waals surface area contributed by atoms with E-state index in [0.717, 1.165) is 5.56 Å².